The number of aliphatic hydroxyl groups excluding tert-OH is 4. The van der Waals surface area contributed by atoms with Crippen LogP contribution in [-0.2, 0) is 14.3 Å². The monoisotopic (exact) mass is 404 g/mol. The zero-order valence-corrected chi connectivity index (χ0v) is 16.6. The van der Waals surface area contributed by atoms with Gasteiger partial charge in [-0.3, -0.25) is 4.79 Å². The van der Waals surface area contributed by atoms with Crippen LogP contribution in [0.5, 0.6) is 0 Å². The van der Waals surface area contributed by atoms with Gasteiger partial charge in [0.05, 0.1) is 18.3 Å². The predicted molar refractivity (Wildman–Crippen MR) is 97.0 cm³/mol. The summed E-state index contributed by atoms with van der Waals surface area (Å²) in [5.74, 6) is -0.264. The van der Waals surface area contributed by atoms with Crippen LogP contribution in [0.3, 0.4) is 0 Å². The number of carbonyl (C=O) groups is 1. The van der Waals surface area contributed by atoms with Gasteiger partial charge in [0.25, 0.3) is 0 Å². The standard InChI is InChI=1S/C19H32O9/c1-10(21)5-6-19(26)17(2,3)7-11(8-18(19,4)25)27-16-15(24)14(23)13(22)12(9-20)28-16/h5-6,11-16,20,22-26H,7-9H2,1-4H3. The summed E-state index contributed by atoms with van der Waals surface area (Å²) in [7, 11) is 0. The van der Waals surface area contributed by atoms with Crippen molar-refractivity contribution in [3.8, 4) is 0 Å². The molecule has 2 rings (SSSR count). The van der Waals surface area contributed by atoms with Gasteiger partial charge in [0.15, 0.2) is 12.1 Å². The van der Waals surface area contributed by atoms with Crippen LogP contribution in [0.1, 0.15) is 40.5 Å². The largest absolute Gasteiger partial charge is 0.394 e. The van der Waals surface area contributed by atoms with E-state index >= 15 is 0 Å². The van der Waals surface area contributed by atoms with E-state index in [0.29, 0.717) is 0 Å². The summed E-state index contributed by atoms with van der Waals surface area (Å²) >= 11 is 0. The number of ketones is 1. The van der Waals surface area contributed by atoms with Gasteiger partial charge in [0.1, 0.15) is 30.0 Å². The lowest BCUT2D eigenvalue weighted by molar-refractivity contribution is -0.326. The van der Waals surface area contributed by atoms with Gasteiger partial charge in [0, 0.05) is 11.8 Å². The fraction of sp³-hybridized carbons (Fsp3) is 0.842. The third-order valence-corrected chi connectivity index (χ3v) is 5.95. The highest BCUT2D eigenvalue weighted by Gasteiger charge is 2.59. The average molecular weight is 404 g/mol. The van der Waals surface area contributed by atoms with Gasteiger partial charge in [-0.15, -0.1) is 0 Å². The van der Waals surface area contributed by atoms with Crippen LogP contribution in [0.15, 0.2) is 12.2 Å². The van der Waals surface area contributed by atoms with Crippen molar-refractivity contribution in [2.45, 2.75) is 88.5 Å². The van der Waals surface area contributed by atoms with Gasteiger partial charge >= 0.3 is 0 Å². The van der Waals surface area contributed by atoms with Crippen LogP contribution in [0.2, 0.25) is 0 Å². The average Bonchev–Trinajstić information content (AvgIpc) is 2.57. The molecule has 0 spiro atoms. The molecule has 9 heteroatoms. The van der Waals surface area contributed by atoms with E-state index in [1.54, 1.807) is 13.8 Å². The Morgan fingerprint density at radius 3 is 2.21 bits per heavy atom. The first-order valence-electron chi connectivity index (χ1n) is 9.36. The number of hydrogen-bond donors (Lipinski definition) is 6. The van der Waals surface area contributed by atoms with Crippen molar-refractivity contribution in [2.75, 3.05) is 6.61 Å². The molecule has 9 nitrogen and oxygen atoms in total. The minimum absolute atomic E-state index is 0.0375. The molecule has 1 aliphatic carbocycles. The molecular weight excluding hydrogens is 372 g/mol. The Balaban J connectivity index is 2.21. The molecule has 8 unspecified atom stereocenters. The van der Waals surface area contributed by atoms with Crippen LogP contribution in [-0.4, -0.2) is 91.0 Å². The molecule has 162 valence electrons. The maximum absolute atomic E-state index is 11.3. The quantitative estimate of drug-likeness (QED) is 0.304. The highest BCUT2D eigenvalue weighted by Crippen LogP contribution is 2.51. The highest BCUT2D eigenvalue weighted by atomic mass is 16.7. The van der Waals surface area contributed by atoms with Crippen molar-refractivity contribution in [3.63, 3.8) is 0 Å². The number of carbonyl (C=O) groups excluding carboxylic acids is 1. The number of allylic oxidation sites excluding steroid dienone is 1. The molecule has 2 aliphatic rings. The molecule has 0 radical (unpaired) electrons. The van der Waals surface area contributed by atoms with Crippen LogP contribution in [0, 0.1) is 5.41 Å². The van der Waals surface area contributed by atoms with Crippen LogP contribution in [0.25, 0.3) is 0 Å². The second kappa shape index (κ2) is 8.08. The Kier molecular flexibility index (Phi) is 6.74. The molecule has 0 aromatic carbocycles. The second-order valence-electron chi connectivity index (χ2n) is 8.73. The van der Waals surface area contributed by atoms with E-state index in [-0.39, 0.29) is 18.6 Å². The molecule has 6 N–H and O–H groups in total. The Morgan fingerprint density at radius 1 is 1.11 bits per heavy atom. The molecule has 0 aromatic heterocycles. The van der Waals surface area contributed by atoms with Gasteiger partial charge in [0.2, 0.25) is 0 Å². The summed E-state index contributed by atoms with van der Waals surface area (Å²) in [6.45, 7) is 5.63. The summed E-state index contributed by atoms with van der Waals surface area (Å²) in [6.07, 6.45) is -4.98. The van der Waals surface area contributed by atoms with E-state index in [1.807, 2.05) is 0 Å². The molecule has 2 fully saturated rings. The molecule has 28 heavy (non-hydrogen) atoms. The van der Waals surface area contributed by atoms with Gasteiger partial charge in [-0.25, -0.2) is 0 Å². The normalized spacial score (nSPS) is 46.6. The van der Waals surface area contributed by atoms with Gasteiger partial charge < -0.3 is 40.1 Å². The maximum atomic E-state index is 11.3. The maximum Gasteiger partial charge on any atom is 0.186 e. The predicted octanol–water partition coefficient (Wildman–Crippen LogP) is -1.38. The SMILES string of the molecule is CC(=O)C=CC1(O)C(C)(C)CC(OC2OC(CO)C(O)C(O)C2O)CC1(C)O. The fourth-order valence-electron chi connectivity index (χ4n) is 4.23. The highest BCUT2D eigenvalue weighted by molar-refractivity contribution is 5.87. The van der Waals surface area contributed by atoms with Crippen molar-refractivity contribution < 1.29 is 44.9 Å². The van der Waals surface area contributed by atoms with Crippen LogP contribution in [0.4, 0.5) is 0 Å². The molecular formula is C19H32O9. The smallest absolute Gasteiger partial charge is 0.186 e. The van der Waals surface area contributed by atoms with E-state index < -0.39 is 60.0 Å². The van der Waals surface area contributed by atoms with Gasteiger partial charge in [-0.1, -0.05) is 13.8 Å². The summed E-state index contributed by atoms with van der Waals surface area (Å²) in [5, 5.41) is 61.4. The first-order chi connectivity index (χ1) is 12.8. The number of rotatable bonds is 5. The molecule has 8 atom stereocenters. The second-order valence-corrected chi connectivity index (χ2v) is 8.73. The van der Waals surface area contributed by atoms with Gasteiger partial charge in [-0.05, 0) is 32.4 Å². The summed E-state index contributed by atoms with van der Waals surface area (Å²) in [6, 6.07) is 0. The Hall–Kier alpha value is -0.910. The van der Waals surface area contributed by atoms with Crippen molar-refractivity contribution in [1.82, 2.24) is 0 Å². The molecule has 1 aliphatic heterocycles. The van der Waals surface area contributed by atoms with Crippen molar-refractivity contribution in [1.29, 1.82) is 0 Å². The Labute approximate surface area is 164 Å². The molecule has 1 saturated carbocycles. The fourth-order valence-corrected chi connectivity index (χ4v) is 4.23. The van der Waals surface area contributed by atoms with E-state index in [4.69, 9.17) is 9.47 Å². The lowest BCUT2D eigenvalue weighted by Crippen LogP contribution is -2.66. The third-order valence-electron chi connectivity index (χ3n) is 5.95. The summed E-state index contributed by atoms with van der Waals surface area (Å²) < 4.78 is 11.1. The minimum Gasteiger partial charge on any atom is -0.394 e. The summed E-state index contributed by atoms with van der Waals surface area (Å²) in [4.78, 5) is 11.3. The molecule has 1 saturated heterocycles. The third kappa shape index (κ3) is 4.17. The number of aliphatic hydroxyl groups is 6. The zero-order chi connectivity index (χ0) is 21.5. The zero-order valence-electron chi connectivity index (χ0n) is 16.6. The summed E-state index contributed by atoms with van der Waals surface area (Å²) in [5.41, 5.74) is -4.29. The van der Waals surface area contributed by atoms with Crippen molar-refractivity contribution >= 4 is 5.78 Å². The van der Waals surface area contributed by atoms with E-state index in [0.717, 1.165) is 0 Å². The Bertz CT molecular complexity index is 580. The lowest BCUT2D eigenvalue weighted by atomic mass is 9.57. The van der Waals surface area contributed by atoms with Crippen LogP contribution < -0.4 is 0 Å². The first-order valence-corrected chi connectivity index (χ1v) is 9.36. The first kappa shape index (κ1) is 23.4. The van der Waals surface area contributed by atoms with Crippen molar-refractivity contribution in [2.24, 2.45) is 5.41 Å². The number of ether oxygens (including phenoxy) is 2. The van der Waals surface area contributed by atoms with Crippen molar-refractivity contribution in [3.05, 3.63) is 12.2 Å². The molecule has 0 aromatic rings. The molecule has 1 heterocycles. The molecule has 0 amide bonds. The van der Waals surface area contributed by atoms with Gasteiger partial charge in [-0.2, -0.15) is 0 Å². The molecule has 0 bridgehead atoms. The minimum atomic E-state index is -1.71. The van der Waals surface area contributed by atoms with E-state index in [9.17, 15) is 35.4 Å². The van der Waals surface area contributed by atoms with E-state index in [2.05, 4.69) is 0 Å². The topological polar surface area (TPSA) is 157 Å². The lowest BCUT2D eigenvalue weighted by Gasteiger charge is -2.56. The van der Waals surface area contributed by atoms with Crippen LogP contribution >= 0.6 is 0 Å². The Morgan fingerprint density at radius 2 is 1.71 bits per heavy atom. The number of hydrogen-bond acceptors (Lipinski definition) is 9. The van der Waals surface area contributed by atoms with E-state index in [1.165, 1.54) is 26.0 Å².